The summed E-state index contributed by atoms with van der Waals surface area (Å²) in [5, 5.41) is 8.10. The standard InChI is InChI=1S/C26H35FN6/c1-6-21-7-8-24(27)26(29-25(21)28-23-14-18(2)13-19(3)15-23)33-17-22(20(4)30-33)16-32-11-9-31(5)10-12-32/h8,13-15,17,28H,6-7,9-12,16H2,1-5H3. The summed E-state index contributed by atoms with van der Waals surface area (Å²) in [4.78, 5) is 9.54. The van der Waals surface area contributed by atoms with Crippen LogP contribution in [0.15, 0.2) is 52.7 Å². The van der Waals surface area contributed by atoms with Gasteiger partial charge in [0.25, 0.3) is 0 Å². The molecule has 33 heavy (non-hydrogen) atoms. The maximum absolute atomic E-state index is 15.2. The van der Waals surface area contributed by atoms with Crippen molar-refractivity contribution in [2.24, 2.45) is 4.99 Å². The molecule has 1 aromatic carbocycles. The van der Waals surface area contributed by atoms with E-state index in [1.54, 1.807) is 10.8 Å². The molecule has 0 radical (unpaired) electrons. The van der Waals surface area contributed by atoms with Gasteiger partial charge in [-0.15, -0.1) is 0 Å². The number of benzene rings is 1. The molecule has 2 aromatic rings. The average molecular weight is 451 g/mol. The number of allylic oxidation sites excluding steroid dienone is 3. The van der Waals surface area contributed by atoms with E-state index in [1.165, 1.54) is 11.1 Å². The first kappa shape index (κ1) is 23.4. The maximum Gasteiger partial charge on any atom is 0.191 e. The normalized spacial score (nSPS) is 18.2. The molecule has 0 bridgehead atoms. The fraction of sp³-hybridized carbons (Fsp3) is 0.462. The van der Waals surface area contributed by atoms with Gasteiger partial charge >= 0.3 is 0 Å². The molecule has 2 aliphatic rings. The Hall–Kier alpha value is -2.77. The molecule has 1 saturated heterocycles. The molecular formula is C26H35FN6. The van der Waals surface area contributed by atoms with Gasteiger partial charge in [0.2, 0.25) is 0 Å². The molecule has 1 N–H and O–H groups in total. The van der Waals surface area contributed by atoms with Crippen LogP contribution in [0.5, 0.6) is 0 Å². The lowest BCUT2D eigenvalue weighted by atomic mass is 10.1. The molecule has 4 rings (SSSR count). The van der Waals surface area contributed by atoms with Crippen molar-refractivity contribution in [3.63, 3.8) is 0 Å². The third-order valence-electron chi connectivity index (χ3n) is 6.41. The number of halogens is 1. The van der Waals surface area contributed by atoms with Crippen LogP contribution in [0, 0.1) is 20.8 Å². The van der Waals surface area contributed by atoms with Crippen LogP contribution in [0.1, 0.15) is 42.1 Å². The van der Waals surface area contributed by atoms with Crippen LogP contribution in [0.4, 0.5) is 10.1 Å². The minimum Gasteiger partial charge on any atom is -0.340 e. The van der Waals surface area contributed by atoms with Gasteiger partial charge in [-0.3, -0.25) is 4.90 Å². The van der Waals surface area contributed by atoms with E-state index in [0.29, 0.717) is 12.2 Å². The van der Waals surface area contributed by atoms with Gasteiger partial charge in [-0.1, -0.05) is 13.0 Å². The number of aliphatic imine (C=N–C) groups is 1. The SMILES string of the molecule is CCC1=C(Nc2cc(C)cc(C)c2)N=C(n2cc(CN3CCN(C)CC3)c(C)n2)C(F)=CC1. The van der Waals surface area contributed by atoms with Crippen molar-refractivity contribution >= 4 is 11.5 Å². The van der Waals surface area contributed by atoms with Gasteiger partial charge in [-0.05, 0) is 75.6 Å². The first-order valence-corrected chi connectivity index (χ1v) is 11.8. The number of nitrogens with zero attached hydrogens (tertiary/aromatic N) is 5. The zero-order chi connectivity index (χ0) is 23.5. The minimum atomic E-state index is -0.341. The lowest BCUT2D eigenvalue weighted by Gasteiger charge is -2.32. The van der Waals surface area contributed by atoms with E-state index >= 15 is 4.39 Å². The highest BCUT2D eigenvalue weighted by atomic mass is 19.1. The summed E-state index contributed by atoms with van der Waals surface area (Å²) in [5.74, 6) is 0.597. The van der Waals surface area contributed by atoms with Crippen LogP contribution in [0.25, 0.3) is 0 Å². The summed E-state index contributed by atoms with van der Waals surface area (Å²) < 4.78 is 16.8. The molecule has 0 aliphatic carbocycles. The van der Waals surface area contributed by atoms with E-state index in [4.69, 9.17) is 4.99 Å². The highest BCUT2D eigenvalue weighted by Crippen LogP contribution is 2.25. The third kappa shape index (κ3) is 5.60. The van der Waals surface area contributed by atoms with Crippen LogP contribution < -0.4 is 5.32 Å². The van der Waals surface area contributed by atoms with Crippen molar-refractivity contribution < 1.29 is 4.39 Å². The van der Waals surface area contributed by atoms with Gasteiger partial charge in [-0.25, -0.2) is 14.1 Å². The maximum atomic E-state index is 15.2. The second-order valence-electron chi connectivity index (χ2n) is 9.26. The summed E-state index contributed by atoms with van der Waals surface area (Å²) in [5.41, 5.74) is 6.41. The molecule has 1 aromatic heterocycles. The van der Waals surface area contributed by atoms with Gasteiger partial charge < -0.3 is 10.2 Å². The Morgan fingerprint density at radius 2 is 1.73 bits per heavy atom. The predicted molar refractivity (Wildman–Crippen MR) is 133 cm³/mol. The van der Waals surface area contributed by atoms with Gasteiger partial charge in [0, 0.05) is 50.2 Å². The fourth-order valence-electron chi connectivity index (χ4n) is 4.42. The van der Waals surface area contributed by atoms with Crippen molar-refractivity contribution in [2.75, 3.05) is 38.5 Å². The largest absolute Gasteiger partial charge is 0.340 e. The fourth-order valence-corrected chi connectivity index (χ4v) is 4.42. The molecule has 0 unspecified atom stereocenters. The first-order valence-electron chi connectivity index (χ1n) is 11.8. The van der Waals surface area contributed by atoms with Crippen LogP contribution in [0.3, 0.4) is 0 Å². The van der Waals surface area contributed by atoms with E-state index in [9.17, 15) is 0 Å². The van der Waals surface area contributed by atoms with E-state index in [1.807, 2.05) is 13.1 Å². The average Bonchev–Trinajstić information content (AvgIpc) is 3.04. The van der Waals surface area contributed by atoms with Gasteiger partial charge in [0.15, 0.2) is 11.7 Å². The molecule has 1 fully saturated rings. The van der Waals surface area contributed by atoms with Crippen LogP contribution in [-0.4, -0.2) is 58.6 Å². The lowest BCUT2D eigenvalue weighted by Crippen LogP contribution is -2.43. The van der Waals surface area contributed by atoms with Gasteiger partial charge in [0.05, 0.1) is 5.69 Å². The summed E-state index contributed by atoms with van der Waals surface area (Å²) in [7, 11) is 2.15. The summed E-state index contributed by atoms with van der Waals surface area (Å²) in [6, 6.07) is 6.31. The quantitative estimate of drug-likeness (QED) is 0.711. The molecule has 2 aliphatic heterocycles. The Morgan fingerprint density at radius 3 is 2.39 bits per heavy atom. The second-order valence-corrected chi connectivity index (χ2v) is 9.26. The summed E-state index contributed by atoms with van der Waals surface area (Å²) >= 11 is 0. The molecule has 176 valence electrons. The molecule has 0 spiro atoms. The Balaban J connectivity index is 1.63. The molecular weight excluding hydrogens is 415 g/mol. The predicted octanol–water partition coefficient (Wildman–Crippen LogP) is 4.79. The van der Waals surface area contributed by atoms with Crippen molar-refractivity contribution in [3.05, 3.63) is 70.1 Å². The summed E-state index contributed by atoms with van der Waals surface area (Å²) in [6.07, 6.45) is 4.87. The number of piperazine rings is 1. The monoisotopic (exact) mass is 450 g/mol. The van der Waals surface area contributed by atoms with Crippen molar-refractivity contribution in [1.82, 2.24) is 19.6 Å². The highest BCUT2D eigenvalue weighted by molar-refractivity contribution is 5.98. The molecule has 0 atom stereocenters. The highest BCUT2D eigenvalue weighted by Gasteiger charge is 2.21. The number of likely N-dealkylation sites (N-methyl/N-ethyl adjacent to an activating group) is 1. The third-order valence-corrected chi connectivity index (χ3v) is 6.41. The van der Waals surface area contributed by atoms with E-state index in [-0.39, 0.29) is 11.7 Å². The van der Waals surface area contributed by atoms with Crippen LogP contribution in [-0.2, 0) is 6.54 Å². The molecule has 0 amide bonds. The Labute approximate surface area is 196 Å². The molecule has 6 nitrogen and oxygen atoms in total. The van der Waals surface area contributed by atoms with Gasteiger partial charge in [-0.2, -0.15) is 5.10 Å². The number of aryl methyl sites for hydroxylation is 3. The summed E-state index contributed by atoms with van der Waals surface area (Å²) in [6.45, 7) is 13.2. The molecule has 0 saturated carbocycles. The minimum absolute atomic E-state index is 0.234. The number of hydrogen-bond acceptors (Lipinski definition) is 5. The Kier molecular flexibility index (Phi) is 7.10. The van der Waals surface area contributed by atoms with Crippen LogP contribution >= 0.6 is 0 Å². The van der Waals surface area contributed by atoms with E-state index in [0.717, 1.165) is 61.7 Å². The topological polar surface area (TPSA) is 48.7 Å². The van der Waals surface area contributed by atoms with Crippen molar-refractivity contribution in [2.45, 2.75) is 47.1 Å². The zero-order valence-corrected chi connectivity index (χ0v) is 20.5. The van der Waals surface area contributed by atoms with Crippen LogP contribution in [0.2, 0.25) is 0 Å². The van der Waals surface area contributed by atoms with E-state index < -0.39 is 0 Å². The van der Waals surface area contributed by atoms with Gasteiger partial charge in [0.1, 0.15) is 5.82 Å². The lowest BCUT2D eigenvalue weighted by molar-refractivity contribution is 0.148. The number of anilines is 1. The number of nitrogens with one attached hydrogen (secondary N) is 1. The smallest absolute Gasteiger partial charge is 0.191 e. The Morgan fingerprint density at radius 1 is 1.03 bits per heavy atom. The van der Waals surface area contributed by atoms with Crippen molar-refractivity contribution in [3.8, 4) is 0 Å². The first-order chi connectivity index (χ1) is 15.8. The zero-order valence-electron chi connectivity index (χ0n) is 20.5. The van der Waals surface area contributed by atoms with Crippen molar-refractivity contribution in [1.29, 1.82) is 0 Å². The number of rotatable bonds is 5. The number of aromatic nitrogens is 2. The molecule has 3 heterocycles. The number of hydrogen-bond donors (Lipinski definition) is 1. The second kappa shape index (κ2) is 10.0. The Bertz CT molecular complexity index is 1080. The van der Waals surface area contributed by atoms with E-state index in [2.05, 4.69) is 66.2 Å². The molecule has 7 heteroatoms.